The molecule has 0 bridgehead atoms. The van der Waals surface area contributed by atoms with Crippen molar-refractivity contribution in [3.8, 4) is 6.07 Å². The van der Waals surface area contributed by atoms with Gasteiger partial charge in [0, 0.05) is 5.69 Å². The third-order valence-corrected chi connectivity index (χ3v) is 8.01. The molecule has 0 radical (unpaired) electrons. The highest BCUT2D eigenvalue weighted by molar-refractivity contribution is 7.91. The lowest BCUT2D eigenvalue weighted by Crippen LogP contribution is -2.52. The molecule has 0 fully saturated rings. The Bertz CT molecular complexity index is 1480. The van der Waals surface area contributed by atoms with Crippen LogP contribution in [0.25, 0.3) is 0 Å². The van der Waals surface area contributed by atoms with Gasteiger partial charge in [-0.1, -0.05) is 25.1 Å². The van der Waals surface area contributed by atoms with Gasteiger partial charge in [-0.25, -0.2) is 13.2 Å². The molecule has 1 unspecified atom stereocenters. The molecule has 41 heavy (non-hydrogen) atoms. The number of carbonyl (C=O) groups is 2. The summed E-state index contributed by atoms with van der Waals surface area (Å²) in [5, 5.41) is 11.3. The molecule has 222 valence electrons. The Morgan fingerprint density at radius 3 is 2.05 bits per heavy atom. The molecule has 2 amide bonds. The third-order valence-electron chi connectivity index (χ3n) is 6.28. The van der Waals surface area contributed by atoms with Crippen LogP contribution in [0.3, 0.4) is 0 Å². The third kappa shape index (κ3) is 5.97. The van der Waals surface area contributed by atoms with Gasteiger partial charge in [-0.05, 0) is 61.7 Å². The van der Waals surface area contributed by atoms with E-state index in [0.29, 0.717) is 23.8 Å². The fraction of sp³-hybridized carbons (Fsp3) is 0.423. The van der Waals surface area contributed by atoms with Gasteiger partial charge in [-0.2, -0.15) is 31.6 Å². The Labute approximate surface area is 231 Å². The summed E-state index contributed by atoms with van der Waals surface area (Å²) >= 11 is 0. The Morgan fingerprint density at radius 2 is 1.59 bits per heavy atom. The van der Waals surface area contributed by atoms with Crippen molar-refractivity contribution in [2.75, 3.05) is 11.1 Å². The van der Waals surface area contributed by atoms with E-state index in [9.17, 15) is 44.3 Å². The Hall–Kier alpha value is -3.80. The summed E-state index contributed by atoms with van der Waals surface area (Å²) in [4.78, 5) is 27.3. The molecule has 3 rings (SSSR count). The first-order valence-electron chi connectivity index (χ1n) is 12.0. The molecule has 1 N–H and O–H groups in total. The van der Waals surface area contributed by atoms with Crippen molar-refractivity contribution >= 4 is 27.5 Å². The van der Waals surface area contributed by atoms with Crippen molar-refractivity contribution in [1.29, 1.82) is 5.26 Å². The SMILES string of the molecule is CCS(=O)(=O)c1ccc2c(c1)CN(C(=O)OC(C)(C)C)C2C(=O)Nc1ccc(C(C#N)(C(F)(F)F)C(F)(F)F)cc1. The number of sulfone groups is 1. The van der Waals surface area contributed by atoms with Crippen LogP contribution in [-0.2, 0) is 31.3 Å². The lowest BCUT2D eigenvalue weighted by atomic mass is 9.80. The highest BCUT2D eigenvalue weighted by atomic mass is 32.2. The average molecular weight is 606 g/mol. The second-order valence-corrected chi connectivity index (χ2v) is 12.5. The molecule has 0 aliphatic carbocycles. The van der Waals surface area contributed by atoms with Gasteiger partial charge in [0.1, 0.15) is 11.6 Å². The van der Waals surface area contributed by atoms with Crippen LogP contribution in [0.15, 0.2) is 47.4 Å². The number of halogens is 6. The summed E-state index contributed by atoms with van der Waals surface area (Å²) in [5.74, 6) is -1.09. The molecule has 1 heterocycles. The maximum Gasteiger partial charge on any atom is 0.420 e. The number of amides is 2. The fourth-order valence-corrected chi connectivity index (χ4v) is 5.19. The van der Waals surface area contributed by atoms with Crippen LogP contribution in [0.4, 0.5) is 36.8 Å². The van der Waals surface area contributed by atoms with Gasteiger partial charge in [0.25, 0.3) is 11.3 Å². The molecule has 1 atom stereocenters. The van der Waals surface area contributed by atoms with E-state index in [-0.39, 0.29) is 28.4 Å². The molecule has 2 aromatic rings. The van der Waals surface area contributed by atoms with E-state index >= 15 is 0 Å². The number of ether oxygens (including phenoxy) is 1. The second-order valence-electron chi connectivity index (χ2n) is 10.2. The number of carbonyl (C=O) groups excluding carboxylic acids is 2. The van der Waals surface area contributed by atoms with Crippen LogP contribution < -0.4 is 5.32 Å². The minimum Gasteiger partial charge on any atom is -0.444 e. The number of nitriles is 1. The van der Waals surface area contributed by atoms with Gasteiger partial charge in [-0.3, -0.25) is 9.69 Å². The number of hydrogen-bond donors (Lipinski definition) is 1. The van der Waals surface area contributed by atoms with Crippen LogP contribution in [0.5, 0.6) is 0 Å². The van der Waals surface area contributed by atoms with Gasteiger partial charge in [-0.15, -0.1) is 0 Å². The first-order valence-corrected chi connectivity index (χ1v) is 13.6. The van der Waals surface area contributed by atoms with Gasteiger partial charge in [0.15, 0.2) is 9.84 Å². The zero-order chi connectivity index (χ0) is 31.2. The maximum atomic E-state index is 13.5. The van der Waals surface area contributed by atoms with Crippen LogP contribution in [0.2, 0.25) is 0 Å². The molecule has 2 aromatic carbocycles. The zero-order valence-electron chi connectivity index (χ0n) is 22.1. The maximum absolute atomic E-state index is 13.5. The van der Waals surface area contributed by atoms with E-state index < -0.39 is 56.8 Å². The number of nitrogens with one attached hydrogen (secondary N) is 1. The van der Waals surface area contributed by atoms with Gasteiger partial charge < -0.3 is 10.1 Å². The van der Waals surface area contributed by atoms with Crippen molar-refractivity contribution in [3.63, 3.8) is 0 Å². The topological polar surface area (TPSA) is 117 Å². The molecular weight excluding hydrogens is 580 g/mol. The predicted octanol–water partition coefficient (Wildman–Crippen LogP) is 5.80. The smallest absolute Gasteiger partial charge is 0.420 e. The molecule has 8 nitrogen and oxygen atoms in total. The van der Waals surface area contributed by atoms with Crippen molar-refractivity contribution in [2.45, 2.75) is 68.5 Å². The molecule has 0 aromatic heterocycles. The second kappa shape index (κ2) is 10.6. The van der Waals surface area contributed by atoms with Crippen LogP contribution >= 0.6 is 0 Å². The standard InChI is InChI=1S/C26H25F6N3O5S/c1-5-41(38,39)18-10-11-19-15(12-18)13-35(22(37)40-23(2,3)4)20(19)21(36)34-17-8-6-16(7-9-17)24(14-33,25(27,28)29)26(30,31)32/h6-12,20H,5,13H2,1-4H3,(H,34,36). The number of nitrogens with zero attached hydrogens (tertiary/aromatic N) is 2. The van der Waals surface area contributed by atoms with E-state index in [2.05, 4.69) is 5.32 Å². The highest BCUT2D eigenvalue weighted by Crippen LogP contribution is 2.51. The van der Waals surface area contributed by atoms with Crippen molar-refractivity contribution in [2.24, 2.45) is 0 Å². The average Bonchev–Trinajstić information content (AvgIpc) is 3.22. The zero-order valence-corrected chi connectivity index (χ0v) is 23.0. The monoisotopic (exact) mass is 605 g/mol. The minimum atomic E-state index is -5.99. The van der Waals surface area contributed by atoms with Gasteiger partial charge in [0.05, 0.1) is 23.3 Å². The Balaban J connectivity index is 2.00. The molecule has 1 aliphatic heterocycles. The molecule has 15 heteroatoms. The summed E-state index contributed by atoms with van der Waals surface area (Å²) in [6, 6.07) is 5.29. The fourth-order valence-electron chi connectivity index (χ4n) is 4.26. The van der Waals surface area contributed by atoms with E-state index in [4.69, 9.17) is 10.00 Å². The number of rotatable bonds is 5. The molecular formula is C26H25F6N3O5S. The molecule has 1 aliphatic rings. The van der Waals surface area contributed by atoms with Gasteiger partial charge >= 0.3 is 18.4 Å². The Kier molecular flexibility index (Phi) is 8.16. The highest BCUT2D eigenvalue weighted by Gasteiger charge is 2.72. The number of hydrogen-bond acceptors (Lipinski definition) is 6. The minimum absolute atomic E-state index is 0.0326. The molecule has 0 spiro atoms. The number of benzene rings is 2. The summed E-state index contributed by atoms with van der Waals surface area (Å²) < 4.78 is 111. The summed E-state index contributed by atoms with van der Waals surface area (Å²) in [5.41, 5.74) is -6.81. The van der Waals surface area contributed by atoms with Crippen LogP contribution in [0.1, 0.15) is 50.4 Å². The van der Waals surface area contributed by atoms with E-state index in [1.165, 1.54) is 25.1 Å². The van der Waals surface area contributed by atoms with Crippen molar-refractivity contribution in [1.82, 2.24) is 4.90 Å². The first-order chi connectivity index (χ1) is 18.7. The van der Waals surface area contributed by atoms with Gasteiger partial charge in [0.2, 0.25) is 0 Å². The quantitative estimate of drug-likeness (QED) is 0.431. The first kappa shape index (κ1) is 31.7. The normalized spacial score (nSPS) is 16.1. The lowest BCUT2D eigenvalue weighted by molar-refractivity contribution is -0.283. The number of anilines is 1. The summed E-state index contributed by atoms with van der Waals surface area (Å²) in [6.07, 6.45) is -12.9. The predicted molar refractivity (Wildman–Crippen MR) is 133 cm³/mol. The van der Waals surface area contributed by atoms with E-state index in [1.807, 2.05) is 0 Å². The summed E-state index contributed by atoms with van der Waals surface area (Å²) in [6.45, 7) is 5.98. The summed E-state index contributed by atoms with van der Waals surface area (Å²) in [7, 11) is -3.63. The lowest BCUT2D eigenvalue weighted by Gasteiger charge is -2.31. The number of fused-ring (bicyclic) bond motifs is 1. The van der Waals surface area contributed by atoms with Crippen molar-refractivity contribution in [3.05, 3.63) is 59.2 Å². The van der Waals surface area contributed by atoms with Crippen LogP contribution in [-0.4, -0.2) is 49.0 Å². The molecule has 0 saturated carbocycles. The van der Waals surface area contributed by atoms with Crippen molar-refractivity contribution < 1.29 is 49.1 Å². The largest absolute Gasteiger partial charge is 0.444 e. The number of alkyl halides is 6. The Morgan fingerprint density at radius 1 is 1.02 bits per heavy atom. The van der Waals surface area contributed by atoms with E-state index in [0.717, 1.165) is 17.0 Å². The molecule has 0 saturated heterocycles. The van der Waals surface area contributed by atoms with E-state index in [1.54, 1.807) is 20.8 Å². The van der Waals surface area contributed by atoms with Crippen LogP contribution in [0, 0.1) is 11.3 Å².